The number of rotatable bonds is 2. The quantitative estimate of drug-likeness (QED) is 0.603. The Morgan fingerprint density at radius 1 is 1.55 bits per heavy atom. The molecule has 0 aromatic heterocycles. The molecule has 0 unspecified atom stereocenters. The van der Waals surface area contributed by atoms with Gasteiger partial charge in [-0.3, -0.25) is 4.79 Å². The van der Waals surface area contributed by atoms with Crippen molar-refractivity contribution in [1.29, 1.82) is 0 Å². The molecule has 2 bridgehead atoms. The molecule has 62 valence electrons. The molecule has 0 saturated carbocycles. The number of hydrogen-bond acceptors (Lipinski definition) is 2. The fourth-order valence-electron chi connectivity index (χ4n) is 2.24. The second-order valence-corrected chi connectivity index (χ2v) is 3.54. The van der Waals surface area contributed by atoms with E-state index in [-0.39, 0.29) is 12.0 Å². The van der Waals surface area contributed by atoms with Crippen molar-refractivity contribution in [2.45, 2.75) is 44.8 Å². The monoisotopic (exact) mass is 154 g/mol. The molecule has 2 heterocycles. The van der Waals surface area contributed by atoms with Gasteiger partial charge in [-0.2, -0.15) is 0 Å². The van der Waals surface area contributed by atoms with E-state index in [2.05, 4.69) is 0 Å². The Kier molecular flexibility index (Phi) is 1.72. The van der Waals surface area contributed by atoms with Crippen LogP contribution in [0, 0.1) is 5.92 Å². The van der Waals surface area contributed by atoms with E-state index in [0.717, 1.165) is 12.8 Å². The predicted molar refractivity (Wildman–Crippen MR) is 41.3 cm³/mol. The predicted octanol–water partition coefficient (Wildman–Crippen LogP) is 1.53. The molecular formula is C9H14O2. The van der Waals surface area contributed by atoms with E-state index in [4.69, 9.17) is 4.74 Å². The highest BCUT2D eigenvalue weighted by molar-refractivity contribution is 5.81. The van der Waals surface area contributed by atoms with E-state index in [0.29, 0.717) is 18.3 Å². The van der Waals surface area contributed by atoms with Crippen LogP contribution in [0.1, 0.15) is 32.6 Å². The van der Waals surface area contributed by atoms with Crippen LogP contribution in [0.4, 0.5) is 0 Å². The fraction of sp³-hybridized carbons (Fsp3) is 0.889. The number of Topliss-reactive ketones (excluding diaryl/α,β-unsaturated/α-hetero) is 1. The van der Waals surface area contributed by atoms with Crippen LogP contribution in [0.2, 0.25) is 0 Å². The van der Waals surface area contributed by atoms with Crippen molar-refractivity contribution in [3.8, 4) is 0 Å². The SMILES string of the molecule is CCC(=O)[C@H]1C[C@H]2CC[C@@H]1O2. The molecule has 2 rings (SSSR count). The van der Waals surface area contributed by atoms with Gasteiger partial charge in [0.2, 0.25) is 0 Å². The van der Waals surface area contributed by atoms with Crippen LogP contribution in [-0.2, 0) is 9.53 Å². The molecule has 0 amide bonds. The molecule has 0 aliphatic carbocycles. The first kappa shape index (κ1) is 7.29. The lowest BCUT2D eigenvalue weighted by atomic mass is 9.85. The molecule has 0 radical (unpaired) electrons. The summed E-state index contributed by atoms with van der Waals surface area (Å²) in [5.41, 5.74) is 0. The van der Waals surface area contributed by atoms with Gasteiger partial charge in [0.1, 0.15) is 5.78 Å². The zero-order chi connectivity index (χ0) is 7.84. The van der Waals surface area contributed by atoms with Crippen LogP contribution in [0.3, 0.4) is 0 Å². The van der Waals surface area contributed by atoms with Crippen LogP contribution < -0.4 is 0 Å². The Morgan fingerprint density at radius 2 is 2.36 bits per heavy atom. The van der Waals surface area contributed by atoms with E-state index >= 15 is 0 Å². The molecule has 0 aromatic carbocycles. The second kappa shape index (κ2) is 2.59. The van der Waals surface area contributed by atoms with Crippen LogP contribution in [0.25, 0.3) is 0 Å². The molecule has 3 atom stereocenters. The van der Waals surface area contributed by atoms with Crippen molar-refractivity contribution in [3.05, 3.63) is 0 Å². The van der Waals surface area contributed by atoms with Crippen LogP contribution in [0.15, 0.2) is 0 Å². The summed E-state index contributed by atoms with van der Waals surface area (Å²) < 4.78 is 5.59. The van der Waals surface area contributed by atoms with Gasteiger partial charge in [0.05, 0.1) is 12.2 Å². The third kappa shape index (κ3) is 1.09. The van der Waals surface area contributed by atoms with Gasteiger partial charge in [0, 0.05) is 12.3 Å². The zero-order valence-corrected chi connectivity index (χ0v) is 6.88. The first-order chi connectivity index (χ1) is 5.31. The van der Waals surface area contributed by atoms with Crippen molar-refractivity contribution < 1.29 is 9.53 Å². The highest BCUT2D eigenvalue weighted by Crippen LogP contribution is 2.39. The summed E-state index contributed by atoms with van der Waals surface area (Å²) in [6, 6.07) is 0. The molecule has 2 aliphatic rings. The maximum Gasteiger partial charge on any atom is 0.138 e. The highest BCUT2D eigenvalue weighted by Gasteiger charge is 2.43. The minimum absolute atomic E-state index is 0.249. The number of hydrogen-bond donors (Lipinski definition) is 0. The van der Waals surface area contributed by atoms with Gasteiger partial charge < -0.3 is 4.74 Å². The van der Waals surface area contributed by atoms with Crippen LogP contribution in [-0.4, -0.2) is 18.0 Å². The van der Waals surface area contributed by atoms with Gasteiger partial charge in [-0.05, 0) is 19.3 Å². The standard InChI is InChI=1S/C9H14O2/c1-2-8(10)7-5-6-3-4-9(7)11-6/h6-7,9H,2-5H2,1H3/t6-,7-,9+/m1/s1. The average molecular weight is 154 g/mol. The summed E-state index contributed by atoms with van der Waals surface area (Å²) in [6.07, 6.45) is 4.67. The van der Waals surface area contributed by atoms with Gasteiger partial charge in [-0.15, -0.1) is 0 Å². The summed E-state index contributed by atoms with van der Waals surface area (Å²) >= 11 is 0. The third-order valence-electron chi connectivity index (χ3n) is 2.87. The largest absolute Gasteiger partial charge is 0.374 e. The molecule has 2 aliphatic heterocycles. The fourth-order valence-corrected chi connectivity index (χ4v) is 2.24. The smallest absolute Gasteiger partial charge is 0.138 e. The number of carbonyl (C=O) groups excluding carboxylic acids is 1. The first-order valence-electron chi connectivity index (χ1n) is 4.49. The molecule has 0 N–H and O–H groups in total. The van der Waals surface area contributed by atoms with Gasteiger partial charge in [-0.25, -0.2) is 0 Å². The molecule has 2 nitrogen and oxygen atoms in total. The molecule has 2 fully saturated rings. The summed E-state index contributed by atoms with van der Waals surface area (Å²) in [7, 11) is 0. The van der Waals surface area contributed by atoms with Gasteiger partial charge in [0.15, 0.2) is 0 Å². The van der Waals surface area contributed by atoms with Gasteiger partial charge in [0.25, 0.3) is 0 Å². The van der Waals surface area contributed by atoms with Crippen molar-refractivity contribution in [2.75, 3.05) is 0 Å². The Balaban J connectivity index is 2.02. The molecule has 2 saturated heterocycles. The van der Waals surface area contributed by atoms with E-state index in [1.165, 1.54) is 6.42 Å². The lowest BCUT2D eigenvalue weighted by Crippen LogP contribution is -2.24. The first-order valence-corrected chi connectivity index (χ1v) is 4.49. The van der Waals surface area contributed by atoms with Crippen molar-refractivity contribution in [2.24, 2.45) is 5.92 Å². The third-order valence-corrected chi connectivity index (χ3v) is 2.87. The van der Waals surface area contributed by atoms with Gasteiger partial charge >= 0.3 is 0 Å². The molecule has 0 spiro atoms. The van der Waals surface area contributed by atoms with Crippen LogP contribution in [0.5, 0.6) is 0 Å². The minimum atomic E-state index is 0.249. The topological polar surface area (TPSA) is 26.3 Å². The van der Waals surface area contributed by atoms with Gasteiger partial charge in [-0.1, -0.05) is 6.92 Å². The Bertz CT molecular complexity index is 176. The lowest BCUT2D eigenvalue weighted by Gasteiger charge is -2.15. The Morgan fingerprint density at radius 3 is 2.82 bits per heavy atom. The maximum atomic E-state index is 11.3. The summed E-state index contributed by atoms with van der Waals surface area (Å²) in [5, 5.41) is 0. The molecule has 11 heavy (non-hydrogen) atoms. The number of fused-ring (bicyclic) bond motifs is 2. The van der Waals surface area contributed by atoms with Crippen molar-refractivity contribution in [3.63, 3.8) is 0 Å². The maximum absolute atomic E-state index is 11.3. The minimum Gasteiger partial charge on any atom is -0.374 e. The van der Waals surface area contributed by atoms with E-state index < -0.39 is 0 Å². The second-order valence-electron chi connectivity index (χ2n) is 3.54. The molecular weight excluding hydrogens is 140 g/mol. The van der Waals surface area contributed by atoms with E-state index in [1.807, 2.05) is 6.92 Å². The number of ether oxygens (including phenoxy) is 1. The van der Waals surface area contributed by atoms with E-state index in [1.54, 1.807) is 0 Å². The highest BCUT2D eigenvalue weighted by atomic mass is 16.5. The summed E-state index contributed by atoms with van der Waals surface area (Å²) in [4.78, 5) is 11.3. The normalized spacial score (nSPS) is 41.4. The number of ketones is 1. The van der Waals surface area contributed by atoms with Crippen molar-refractivity contribution in [1.82, 2.24) is 0 Å². The number of carbonyl (C=O) groups is 1. The van der Waals surface area contributed by atoms with E-state index in [9.17, 15) is 4.79 Å². The lowest BCUT2D eigenvalue weighted by molar-refractivity contribution is -0.124. The molecule has 2 heteroatoms. The average Bonchev–Trinajstić information content (AvgIpc) is 2.62. The van der Waals surface area contributed by atoms with Crippen molar-refractivity contribution >= 4 is 5.78 Å². The Labute approximate surface area is 66.9 Å². The zero-order valence-electron chi connectivity index (χ0n) is 6.88. The summed E-state index contributed by atoms with van der Waals surface area (Å²) in [6.45, 7) is 1.94. The Hall–Kier alpha value is -0.370. The molecule has 0 aromatic rings. The van der Waals surface area contributed by atoms with Crippen LogP contribution >= 0.6 is 0 Å². The summed E-state index contributed by atoms with van der Waals surface area (Å²) in [5.74, 6) is 0.649.